The first-order valence-electron chi connectivity index (χ1n) is 6.77. The molecule has 6 heteroatoms. The molecule has 0 spiro atoms. The van der Waals surface area contributed by atoms with Gasteiger partial charge in [-0.05, 0) is 36.2 Å². The van der Waals surface area contributed by atoms with E-state index < -0.39 is 5.76 Å². The van der Waals surface area contributed by atoms with Crippen LogP contribution < -0.4 is 11.1 Å². The van der Waals surface area contributed by atoms with Crippen LogP contribution in [0.2, 0.25) is 0 Å². The summed E-state index contributed by atoms with van der Waals surface area (Å²) in [7, 11) is 0. The minimum Gasteiger partial charge on any atom is -0.408 e. The number of halogens is 1. The standard InChI is InChI=1S/C16H13FN2O3/c17-11-4-1-10(2-5-11)3-8-15(20)18-12-6-7-13-14(9-12)22-16(21)19-13/h1-2,4-7,9H,3,8H2,(H,18,20)(H,19,21). The summed E-state index contributed by atoms with van der Waals surface area (Å²) in [6, 6.07) is 11.0. The Balaban J connectivity index is 1.62. The average molecular weight is 300 g/mol. The van der Waals surface area contributed by atoms with E-state index in [2.05, 4.69) is 10.3 Å². The molecular formula is C16H13FN2O3. The van der Waals surface area contributed by atoms with Crippen molar-refractivity contribution in [1.82, 2.24) is 4.98 Å². The topological polar surface area (TPSA) is 75.1 Å². The van der Waals surface area contributed by atoms with Gasteiger partial charge >= 0.3 is 5.76 Å². The third-order valence-electron chi connectivity index (χ3n) is 3.26. The van der Waals surface area contributed by atoms with E-state index in [4.69, 9.17) is 4.42 Å². The van der Waals surface area contributed by atoms with Crippen LogP contribution in [0.25, 0.3) is 11.1 Å². The zero-order valence-corrected chi connectivity index (χ0v) is 11.6. The van der Waals surface area contributed by atoms with Gasteiger partial charge < -0.3 is 9.73 Å². The number of carbonyl (C=O) groups is 1. The van der Waals surface area contributed by atoms with E-state index in [-0.39, 0.29) is 18.1 Å². The zero-order valence-electron chi connectivity index (χ0n) is 11.6. The molecule has 0 aliphatic carbocycles. The van der Waals surface area contributed by atoms with Gasteiger partial charge in [-0.15, -0.1) is 0 Å². The molecule has 3 aromatic rings. The van der Waals surface area contributed by atoms with Gasteiger partial charge in [0.15, 0.2) is 5.58 Å². The number of hydrogen-bond donors (Lipinski definition) is 2. The predicted molar refractivity (Wildman–Crippen MR) is 80.2 cm³/mol. The van der Waals surface area contributed by atoms with E-state index in [0.717, 1.165) is 5.56 Å². The summed E-state index contributed by atoms with van der Waals surface area (Å²) in [6.07, 6.45) is 0.800. The van der Waals surface area contributed by atoms with Crippen molar-refractivity contribution in [1.29, 1.82) is 0 Å². The third-order valence-corrected chi connectivity index (χ3v) is 3.26. The molecule has 22 heavy (non-hydrogen) atoms. The smallest absolute Gasteiger partial charge is 0.408 e. The maximum atomic E-state index is 12.8. The Hall–Kier alpha value is -2.89. The highest BCUT2D eigenvalue weighted by molar-refractivity contribution is 5.92. The normalized spacial score (nSPS) is 10.8. The van der Waals surface area contributed by atoms with E-state index >= 15 is 0 Å². The van der Waals surface area contributed by atoms with E-state index in [1.807, 2.05) is 0 Å². The Labute approximate surface area is 124 Å². The molecule has 0 aliphatic rings. The van der Waals surface area contributed by atoms with Gasteiger partial charge in [-0.2, -0.15) is 0 Å². The Kier molecular flexibility index (Phi) is 3.74. The highest BCUT2D eigenvalue weighted by atomic mass is 19.1. The molecule has 2 aromatic carbocycles. The van der Waals surface area contributed by atoms with Crippen LogP contribution in [0.5, 0.6) is 0 Å². The molecule has 1 amide bonds. The summed E-state index contributed by atoms with van der Waals surface area (Å²) in [5.41, 5.74) is 2.42. The second-order valence-electron chi connectivity index (χ2n) is 4.90. The maximum absolute atomic E-state index is 12.8. The quantitative estimate of drug-likeness (QED) is 0.778. The van der Waals surface area contributed by atoms with Crippen molar-refractivity contribution in [3.63, 3.8) is 0 Å². The number of aromatic nitrogens is 1. The fourth-order valence-electron chi connectivity index (χ4n) is 2.16. The van der Waals surface area contributed by atoms with Crippen LogP contribution in [0.15, 0.2) is 51.7 Å². The first-order chi connectivity index (χ1) is 10.6. The number of hydrogen-bond acceptors (Lipinski definition) is 3. The van der Waals surface area contributed by atoms with Crippen molar-refractivity contribution in [2.45, 2.75) is 12.8 Å². The lowest BCUT2D eigenvalue weighted by atomic mass is 10.1. The number of carbonyl (C=O) groups excluding carboxylic acids is 1. The van der Waals surface area contributed by atoms with E-state index in [9.17, 15) is 14.0 Å². The molecule has 0 saturated carbocycles. The van der Waals surface area contributed by atoms with Gasteiger partial charge in [-0.3, -0.25) is 9.78 Å². The highest BCUT2D eigenvalue weighted by Crippen LogP contribution is 2.16. The Morgan fingerprint density at radius 3 is 2.73 bits per heavy atom. The average Bonchev–Trinajstić information content (AvgIpc) is 2.86. The molecule has 5 nitrogen and oxygen atoms in total. The molecule has 0 atom stereocenters. The largest absolute Gasteiger partial charge is 0.417 e. The summed E-state index contributed by atoms with van der Waals surface area (Å²) in [5, 5.41) is 2.74. The predicted octanol–water partition coefficient (Wildman–Crippen LogP) is 2.83. The number of amides is 1. The number of rotatable bonds is 4. The van der Waals surface area contributed by atoms with Crippen LogP contribution in [-0.4, -0.2) is 10.9 Å². The van der Waals surface area contributed by atoms with Gasteiger partial charge in [0.05, 0.1) is 5.52 Å². The molecule has 0 fully saturated rings. The number of benzene rings is 2. The Bertz CT molecular complexity index is 865. The molecule has 1 heterocycles. The molecule has 0 aliphatic heterocycles. The molecule has 2 N–H and O–H groups in total. The van der Waals surface area contributed by atoms with Crippen LogP contribution in [0.3, 0.4) is 0 Å². The summed E-state index contributed by atoms with van der Waals surface area (Å²) >= 11 is 0. The number of aryl methyl sites for hydroxylation is 1. The minimum absolute atomic E-state index is 0.165. The Morgan fingerprint density at radius 2 is 1.95 bits per heavy atom. The van der Waals surface area contributed by atoms with Gasteiger partial charge in [0.2, 0.25) is 5.91 Å². The van der Waals surface area contributed by atoms with E-state index in [0.29, 0.717) is 23.2 Å². The van der Waals surface area contributed by atoms with Crippen molar-refractivity contribution in [2.24, 2.45) is 0 Å². The van der Waals surface area contributed by atoms with Crippen LogP contribution in [-0.2, 0) is 11.2 Å². The molecule has 112 valence electrons. The van der Waals surface area contributed by atoms with E-state index in [1.54, 1.807) is 30.3 Å². The number of nitrogens with one attached hydrogen (secondary N) is 2. The zero-order chi connectivity index (χ0) is 15.5. The van der Waals surface area contributed by atoms with Crippen molar-refractivity contribution in [3.8, 4) is 0 Å². The van der Waals surface area contributed by atoms with Crippen molar-refractivity contribution < 1.29 is 13.6 Å². The third kappa shape index (κ3) is 3.22. The molecule has 3 rings (SSSR count). The van der Waals surface area contributed by atoms with Gasteiger partial charge in [0.1, 0.15) is 5.82 Å². The van der Waals surface area contributed by atoms with Gasteiger partial charge in [-0.1, -0.05) is 12.1 Å². The molecule has 0 unspecified atom stereocenters. The summed E-state index contributed by atoms with van der Waals surface area (Å²) in [4.78, 5) is 25.5. The van der Waals surface area contributed by atoms with Gasteiger partial charge in [0.25, 0.3) is 0 Å². The van der Waals surface area contributed by atoms with Crippen molar-refractivity contribution >= 4 is 22.7 Å². The number of anilines is 1. The number of oxazole rings is 1. The summed E-state index contributed by atoms with van der Waals surface area (Å²) in [6.45, 7) is 0. The second-order valence-corrected chi connectivity index (χ2v) is 4.90. The molecule has 0 saturated heterocycles. The fraction of sp³-hybridized carbons (Fsp3) is 0.125. The Morgan fingerprint density at radius 1 is 1.18 bits per heavy atom. The maximum Gasteiger partial charge on any atom is 0.417 e. The van der Waals surface area contributed by atoms with Crippen LogP contribution >= 0.6 is 0 Å². The van der Waals surface area contributed by atoms with Gasteiger partial charge in [0, 0.05) is 18.2 Å². The molecule has 0 bridgehead atoms. The fourth-order valence-corrected chi connectivity index (χ4v) is 2.16. The summed E-state index contributed by atoms with van der Waals surface area (Å²) in [5.74, 6) is -0.995. The number of fused-ring (bicyclic) bond motifs is 1. The van der Waals surface area contributed by atoms with Crippen LogP contribution in [0.1, 0.15) is 12.0 Å². The first-order valence-corrected chi connectivity index (χ1v) is 6.77. The lowest BCUT2D eigenvalue weighted by molar-refractivity contribution is -0.116. The number of aromatic amines is 1. The number of H-pyrrole nitrogens is 1. The lowest BCUT2D eigenvalue weighted by Crippen LogP contribution is -2.12. The summed E-state index contributed by atoms with van der Waals surface area (Å²) < 4.78 is 17.7. The second kappa shape index (κ2) is 5.85. The monoisotopic (exact) mass is 300 g/mol. The van der Waals surface area contributed by atoms with Crippen LogP contribution in [0, 0.1) is 5.82 Å². The minimum atomic E-state index is -0.533. The van der Waals surface area contributed by atoms with Crippen molar-refractivity contribution in [2.75, 3.05) is 5.32 Å². The molecule has 1 aromatic heterocycles. The van der Waals surface area contributed by atoms with E-state index in [1.165, 1.54) is 12.1 Å². The lowest BCUT2D eigenvalue weighted by Gasteiger charge is -2.05. The van der Waals surface area contributed by atoms with Crippen molar-refractivity contribution in [3.05, 3.63) is 64.4 Å². The molecular weight excluding hydrogens is 287 g/mol. The highest BCUT2D eigenvalue weighted by Gasteiger charge is 2.06. The molecule has 0 radical (unpaired) electrons. The first kappa shape index (κ1) is 14.1. The van der Waals surface area contributed by atoms with Crippen LogP contribution in [0.4, 0.5) is 10.1 Å². The van der Waals surface area contributed by atoms with Gasteiger partial charge in [-0.25, -0.2) is 9.18 Å². The SMILES string of the molecule is O=C(CCc1ccc(F)cc1)Nc1ccc2[nH]c(=O)oc2c1.